The van der Waals surface area contributed by atoms with E-state index in [4.69, 9.17) is 0 Å². The van der Waals surface area contributed by atoms with Crippen LogP contribution < -0.4 is 0 Å². The minimum atomic E-state index is -2.17. The van der Waals surface area contributed by atoms with Gasteiger partial charge in [0.25, 0.3) is 0 Å². The van der Waals surface area contributed by atoms with Crippen LogP contribution in [0.5, 0.6) is 0 Å². The Bertz CT molecular complexity index is 1120. The number of nitrogens with zero attached hydrogens (tertiary/aromatic N) is 1. The van der Waals surface area contributed by atoms with Gasteiger partial charge in [0.05, 0.1) is 5.56 Å². The number of para-hydroxylation sites is 1. The van der Waals surface area contributed by atoms with Crippen molar-refractivity contribution in [2.75, 3.05) is 0 Å². The van der Waals surface area contributed by atoms with Crippen molar-refractivity contribution in [2.45, 2.75) is 6.54 Å². The van der Waals surface area contributed by atoms with Crippen molar-refractivity contribution in [1.29, 1.82) is 0 Å². The van der Waals surface area contributed by atoms with Crippen molar-refractivity contribution in [3.63, 3.8) is 0 Å². The van der Waals surface area contributed by atoms with E-state index in [0.717, 1.165) is 5.56 Å². The Morgan fingerprint density at radius 2 is 1.19 bits per heavy atom. The molecule has 0 atom stereocenters. The van der Waals surface area contributed by atoms with Crippen LogP contribution in [-0.4, -0.2) is 4.57 Å². The van der Waals surface area contributed by atoms with Crippen LogP contribution in [0, 0.1) is 29.1 Å². The predicted octanol–water partition coefficient (Wildman–Crippen LogP) is 6.05. The molecule has 0 amide bonds. The Labute approximate surface area is 151 Å². The average Bonchev–Trinajstić information content (AvgIpc) is 3.04. The quantitative estimate of drug-likeness (QED) is 0.234. The number of benzene rings is 3. The highest BCUT2D eigenvalue weighted by molar-refractivity contribution is 5.96. The van der Waals surface area contributed by atoms with E-state index in [1.54, 1.807) is 28.8 Å². The first-order valence-corrected chi connectivity index (χ1v) is 8.12. The van der Waals surface area contributed by atoms with E-state index in [1.807, 2.05) is 30.3 Å². The lowest BCUT2D eigenvalue weighted by Gasteiger charge is -2.07. The molecule has 0 bridgehead atoms. The average molecular weight is 373 g/mol. The third-order valence-corrected chi connectivity index (χ3v) is 4.46. The Kier molecular flexibility index (Phi) is 4.18. The zero-order valence-electron chi connectivity index (χ0n) is 13.8. The zero-order chi connectivity index (χ0) is 19.1. The highest BCUT2D eigenvalue weighted by atomic mass is 19.2. The standard InChI is InChI=1S/C21H12F5N/c22-17-16(18(23)20(25)21(26)19(17)24)14-11-27(10-12-6-2-1-3-7-12)15-9-5-4-8-13(14)15/h1-9,11H,10H2. The first-order chi connectivity index (χ1) is 13.0. The molecule has 0 fully saturated rings. The molecule has 1 heterocycles. The fourth-order valence-corrected chi connectivity index (χ4v) is 3.20. The Morgan fingerprint density at radius 3 is 1.85 bits per heavy atom. The molecule has 4 rings (SSSR count). The van der Waals surface area contributed by atoms with E-state index in [9.17, 15) is 22.0 Å². The molecule has 136 valence electrons. The lowest BCUT2D eigenvalue weighted by atomic mass is 10.0. The Balaban J connectivity index is 1.97. The first-order valence-electron chi connectivity index (χ1n) is 8.12. The fourth-order valence-electron chi connectivity index (χ4n) is 3.20. The molecule has 0 aliphatic carbocycles. The molecule has 0 saturated carbocycles. The molecule has 0 saturated heterocycles. The predicted molar refractivity (Wildman–Crippen MR) is 92.7 cm³/mol. The molecule has 6 heteroatoms. The summed E-state index contributed by atoms with van der Waals surface area (Å²) in [7, 11) is 0. The van der Waals surface area contributed by atoms with Gasteiger partial charge >= 0.3 is 0 Å². The molecular weight excluding hydrogens is 361 g/mol. The van der Waals surface area contributed by atoms with Crippen molar-refractivity contribution >= 4 is 10.9 Å². The van der Waals surface area contributed by atoms with Gasteiger partial charge in [0.15, 0.2) is 23.3 Å². The van der Waals surface area contributed by atoms with Crippen LogP contribution in [0.1, 0.15) is 5.56 Å². The second-order valence-electron chi connectivity index (χ2n) is 6.12. The summed E-state index contributed by atoms with van der Waals surface area (Å²) >= 11 is 0. The molecule has 3 aromatic carbocycles. The number of fused-ring (bicyclic) bond motifs is 1. The minimum Gasteiger partial charge on any atom is -0.342 e. The second kappa shape index (κ2) is 6.54. The number of halogens is 5. The largest absolute Gasteiger partial charge is 0.342 e. The van der Waals surface area contributed by atoms with Crippen LogP contribution in [0.4, 0.5) is 22.0 Å². The first kappa shape index (κ1) is 17.3. The van der Waals surface area contributed by atoms with Gasteiger partial charge < -0.3 is 4.57 Å². The minimum absolute atomic E-state index is 0.0469. The summed E-state index contributed by atoms with van der Waals surface area (Å²) in [6.07, 6.45) is 1.41. The number of hydrogen-bond acceptors (Lipinski definition) is 0. The van der Waals surface area contributed by atoms with Crippen molar-refractivity contribution in [2.24, 2.45) is 0 Å². The maximum atomic E-state index is 14.3. The third kappa shape index (κ3) is 2.77. The smallest absolute Gasteiger partial charge is 0.200 e. The van der Waals surface area contributed by atoms with Crippen molar-refractivity contribution in [3.8, 4) is 11.1 Å². The molecule has 1 nitrogen and oxygen atoms in total. The maximum Gasteiger partial charge on any atom is 0.200 e. The van der Waals surface area contributed by atoms with Gasteiger partial charge in [-0.3, -0.25) is 0 Å². The number of hydrogen-bond donors (Lipinski definition) is 0. The molecule has 0 N–H and O–H groups in total. The van der Waals surface area contributed by atoms with Crippen LogP contribution >= 0.6 is 0 Å². The molecule has 0 radical (unpaired) electrons. The molecule has 0 aliphatic rings. The highest BCUT2D eigenvalue weighted by Crippen LogP contribution is 2.37. The molecule has 0 aliphatic heterocycles. The monoisotopic (exact) mass is 373 g/mol. The summed E-state index contributed by atoms with van der Waals surface area (Å²) in [6, 6.07) is 16.0. The van der Waals surface area contributed by atoms with Crippen molar-refractivity contribution in [1.82, 2.24) is 4.57 Å². The van der Waals surface area contributed by atoms with E-state index >= 15 is 0 Å². The number of aromatic nitrogens is 1. The lowest BCUT2D eigenvalue weighted by molar-refractivity contribution is 0.381. The Hall–Kier alpha value is -3.15. The van der Waals surface area contributed by atoms with E-state index in [-0.39, 0.29) is 5.56 Å². The fraction of sp³-hybridized carbons (Fsp3) is 0.0476. The van der Waals surface area contributed by atoms with Crippen LogP contribution in [0.3, 0.4) is 0 Å². The summed E-state index contributed by atoms with van der Waals surface area (Å²) in [6.45, 7) is 0.386. The number of rotatable bonds is 3. The van der Waals surface area contributed by atoms with Crippen LogP contribution in [-0.2, 0) is 6.54 Å². The van der Waals surface area contributed by atoms with Crippen molar-refractivity contribution < 1.29 is 22.0 Å². The van der Waals surface area contributed by atoms with Gasteiger partial charge in [0, 0.05) is 29.2 Å². The van der Waals surface area contributed by atoms with Crippen LogP contribution in [0.25, 0.3) is 22.0 Å². The topological polar surface area (TPSA) is 4.93 Å². The van der Waals surface area contributed by atoms with E-state index < -0.39 is 34.6 Å². The molecule has 0 spiro atoms. The summed E-state index contributed by atoms with van der Waals surface area (Å²) in [5, 5.41) is 0.400. The van der Waals surface area contributed by atoms with Crippen LogP contribution in [0.15, 0.2) is 60.8 Å². The van der Waals surface area contributed by atoms with Gasteiger partial charge in [0.1, 0.15) is 0 Å². The van der Waals surface area contributed by atoms with Gasteiger partial charge in [-0.05, 0) is 11.6 Å². The van der Waals surface area contributed by atoms with E-state index in [1.165, 1.54) is 6.20 Å². The van der Waals surface area contributed by atoms with Crippen molar-refractivity contribution in [3.05, 3.63) is 95.4 Å². The van der Waals surface area contributed by atoms with Crippen LogP contribution in [0.2, 0.25) is 0 Å². The SMILES string of the molecule is Fc1c(F)c(F)c(-c2cn(Cc3ccccc3)c3ccccc23)c(F)c1F. The van der Waals surface area contributed by atoms with Gasteiger partial charge in [-0.15, -0.1) is 0 Å². The summed E-state index contributed by atoms with van der Waals surface area (Å²) in [5.41, 5.74) is 0.589. The Morgan fingerprint density at radius 1 is 0.630 bits per heavy atom. The van der Waals surface area contributed by atoms with Gasteiger partial charge in [-0.25, -0.2) is 22.0 Å². The third-order valence-electron chi connectivity index (χ3n) is 4.46. The van der Waals surface area contributed by atoms with E-state index in [0.29, 0.717) is 17.4 Å². The molecule has 1 aromatic heterocycles. The molecular formula is C21H12F5N. The normalized spacial score (nSPS) is 11.3. The molecule has 0 unspecified atom stereocenters. The summed E-state index contributed by atoms with van der Waals surface area (Å²) in [5.74, 6) is -9.75. The van der Waals surface area contributed by atoms with Gasteiger partial charge in [0.2, 0.25) is 5.82 Å². The summed E-state index contributed by atoms with van der Waals surface area (Å²) in [4.78, 5) is 0. The highest BCUT2D eigenvalue weighted by Gasteiger charge is 2.28. The summed E-state index contributed by atoms with van der Waals surface area (Å²) < 4.78 is 71.1. The molecule has 4 aromatic rings. The zero-order valence-corrected chi connectivity index (χ0v) is 13.8. The second-order valence-corrected chi connectivity index (χ2v) is 6.12. The van der Waals surface area contributed by atoms with Gasteiger partial charge in [-0.1, -0.05) is 48.5 Å². The molecule has 27 heavy (non-hydrogen) atoms. The van der Waals surface area contributed by atoms with Gasteiger partial charge in [-0.2, -0.15) is 0 Å². The lowest BCUT2D eigenvalue weighted by Crippen LogP contribution is -2.04. The van der Waals surface area contributed by atoms with E-state index in [2.05, 4.69) is 0 Å². The maximum absolute atomic E-state index is 14.3.